The molecule has 0 fully saturated rings. The van der Waals surface area contributed by atoms with E-state index >= 15 is 0 Å². The molecule has 7 heteroatoms. The number of benzene rings is 1. The highest BCUT2D eigenvalue weighted by molar-refractivity contribution is 6.00. The molecule has 2 heterocycles. The zero-order chi connectivity index (χ0) is 17.8. The van der Waals surface area contributed by atoms with Gasteiger partial charge in [-0.2, -0.15) is 0 Å². The number of carbonyl (C=O) groups is 2. The lowest BCUT2D eigenvalue weighted by molar-refractivity contribution is -0.128. The maximum absolute atomic E-state index is 13.1. The second-order valence-electron chi connectivity index (χ2n) is 6.13. The van der Waals surface area contributed by atoms with Crippen molar-refractivity contribution in [2.24, 2.45) is 0 Å². The van der Waals surface area contributed by atoms with Crippen molar-refractivity contribution in [3.63, 3.8) is 0 Å². The number of oxazole rings is 1. The number of carbonyl (C=O) groups excluding carboxylic acids is 2. The van der Waals surface area contributed by atoms with Gasteiger partial charge in [-0.1, -0.05) is 18.2 Å². The van der Waals surface area contributed by atoms with Gasteiger partial charge in [-0.25, -0.2) is 4.98 Å². The summed E-state index contributed by atoms with van der Waals surface area (Å²) in [7, 11) is 1.71. The first-order valence-electron chi connectivity index (χ1n) is 8.34. The Hall–Kier alpha value is -2.67. The van der Waals surface area contributed by atoms with Crippen LogP contribution < -0.4 is 15.5 Å². The van der Waals surface area contributed by atoms with Gasteiger partial charge in [0.05, 0.1) is 18.8 Å². The van der Waals surface area contributed by atoms with Crippen LogP contribution in [0.5, 0.6) is 0 Å². The third kappa shape index (κ3) is 3.71. The first-order valence-corrected chi connectivity index (χ1v) is 8.34. The molecule has 0 saturated carbocycles. The van der Waals surface area contributed by atoms with Gasteiger partial charge in [0.15, 0.2) is 6.39 Å². The van der Waals surface area contributed by atoms with Gasteiger partial charge in [0.1, 0.15) is 11.8 Å². The van der Waals surface area contributed by atoms with Crippen LogP contribution in [-0.4, -0.2) is 35.9 Å². The number of hydrogen-bond donors (Lipinski definition) is 2. The molecule has 2 N–H and O–H groups in total. The van der Waals surface area contributed by atoms with Crippen LogP contribution in [0.3, 0.4) is 0 Å². The van der Waals surface area contributed by atoms with Crippen molar-refractivity contribution in [1.82, 2.24) is 15.6 Å². The number of hydrogen-bond acceptors (Lipinski definition) is 5. The van der Waals surface area contributed by atoms with E-state index in [-0.39, 0.29) is 24.4 Å². The summed E-state index contributed by atoms with van der Waals surface area (Å²) in [4.78, 5) is 30.9. The third-order valence-corrected chi connectivity index (χ3v) is 4.49. The maximum Gasteiger partial charge on any atom is 0.249 e. The van der Waals surface area contributed by atoms with Crippen LogP contribution in [-0.2, 0) is 22.6 Å². The van der Waals surface area contributed by atoms with Crippen LogP contribution in [0.4, 0.5) is 5.69 Å². The molecule has 0 radical (unpaired) electrons. The quantitative estimate of drug-likeness (QED) is 0.854. The average Bonchev–Trinajstić information content (AvgIpc) is 3.11. The molecule has 0 saturated heterocycles. The molecule has 7 nitrogen and oxygen atoms in total. The van der Waals surface area contributed by atoms with Crippen molar-refractivity contribution in [3.8, 4) is 0 Å². The molecule has 1 aliphatic heterocycles. The van der Waals surface area contributed by atoms with Gasteiger partial charge in [0.25, 0.3) is 0 Å². The fourth-order valence-corrected chi connectivity index (χ4v) is 2.92. The molecular formula is C18H22N4O3. The van der Waals surface area contributed by atoms with Crippen molar-refractivity contribution in [2.75, 3.05) is 11.9 Å². The molecule has 132 valence electrons. The van der Waals surface area contributed by atoms with Crippen molar-refractivity contribution < 1.29 is 14.0 Å². The Morgan fingerprint density at radius 1 is 1.44 bits per heavy atom. The minimum atomic E-state index is -0.571. The van der Waals surface area contributed by atoms with Gasteiger partial charge in [0, 0.05) is 5.69 Å². The highest BCUT2D eigenvalue weighted by Gasteiger charge is 2.32. The molecule has 3 rings (SSSR count). The van der Waals surface area contributed by atoms with Crippen LogP contribution in [0.25, 0.3) is 0 Å². The van der Waals surface area contributed by atoms with E-state index in [0.29, 0.717) is 18.6 Å². The third-order valence-electron chi connectivity index (χ3n) is 4.49. The maximum atomic E-state index is 13.1. The zero-order valence-corrected chi connectivity index (χ0v) is 14.4. The van der Waals surface area contributed by atoms with Crippen LogP contribution >= 0.6 is 0 Å². The van der Waals surface area contributed by atoms with Gasteiger partial charge in [-0.3, -0.25) is 9.59 Å². The number of fused-ring (bicyclic) bond motifs is 1. The van der Waals surface area contributed by atoms with Crippen LogP contribution in [0, 0.1) is 0 Å². The van der Waals surface area contributed by atoms with E-state index in [1.165, 1.54) is 6.39 Å². The summed E-state index contributed by atoms with van der Waals surface area (Å²) in [6.07, 6.45) is 4.22. The molecule has 25 heavy (non-hydrogen) atoms. The lowest BCUT2D eigenvalue weighted by atomic mass is 10.1. The molecule has 0 spiro atoms. The zero-order valence-electron chi connectivity index (χ0n) is 14.4. The van der Waals surface area contributed by atoms with E-state index in [0.717, 1.165) is 11.3 Å². The molecule has 2 aromatic rings. The number of rotatable bonds is 5. The number of para-hydroxylation sites is 1. The Kier molecular flexibility index (Phi) is 5.14. The molecule has 1 aromatic carbocycles. The molecular weight excluding hydrogens is 320 g/mol. The summed E-state index contributed by atoms with van der Waals surface area (Å²) in [5.41, 5.74) is 1.93. The van der Waals surface area contributed by atoms with Crippen molar-refractivity contribution in [3.05, 3.63) is 48.2 Å². The number of aryl methyl sites for hydroxylation is 1. The first kappa shape index (κ1) is 17.2. The van der Waals surface area contributed by atoms with Crippen LogP contribution in [0.15, 0.2) is 41.3 Å². The molecule has 2 atom stereocenters. The van der Waals surface area contributed by atoms with Crippen molar-refractivity contribution in [2.45, 2.75) is 38.4 Å². The predicted octanol–water partition coefficient (Wildman–Crippen LogP) is 1.25. The van der Waals surface area contributed by atoms with Crippen molar-refractivity contribution >= 4 is 17.5 Å². The molecule has 0 aliphatic carbocycles. The minimum Gasteiger partial charge on any atom is -0.447 e. The van der Waals surface area contributed by atoms with Gasteiger partial charge in [-0.05, 0) is 38.4 Å². The Bertz CT molecular complexity index is 745. The Labute approximate surface area is 146 Å². The molecule has 0 unspecified atom stereocenters. The van der Waals surface area contributed by atoms with Gasteiger partial charge >= 0.3 is 0 Å². The summed E-state index contributed by atoms with van der Waals surface area (Å²) >= 11 is 0. The lowest BCUT2D eigenvalue weighted by Crippen LogP contribution is -2.52. The largest absolute Gasteiger partial charge is 0.447 e. The molecule has 0 bridgehead atoms. The van der Waals surface area contributed by atoms with Gasteiger partial charge in [-0.15, -0.1) is 0 Å². The summed E-state index contributed by atoms with van der Waals surface area (Å²) in [6, 6.07) is 6.86. The predicted molar refractivity (Wildman–Crippen MR) is 92.9 cm³/mol. The monoisotopic (exact) mass is 342 g/mol. The highest BCUT2D eigenvalue weighted by atomic mass is 16.3. The van der Waals surface area contributed by atoms with E-state index in [1.807, 2.05) is 24.3 Å². The average molecular weight is 342 g/mol. The summed E-state index contributed by atoms with van der Waals surface area (Å²) in [5.74, 6) is 0.267. The number of amides is 2. The standard InChI is InChI=1S/C18H22N4O3/c1-12(19-2)17(23)21-15-8-7-13-5-3-4-6-16(13)22(18(15)24)10-14-9-20-11-25-14/h3-6,9,11-12,15,19H,7-8,10H2,1-2H3,(H,21,23)/t12-,15-/m0/s1. The normalized spacial score (nSPS) is 18.4. The molecule has 1 aromatic heterocycles. The second kappa shape index (κ2) is 7.48. The fraction of sp³-hybridized carbons (Fsp3) is 0.389. The molecule has 1 aliphatic rings. The summed E-state index contributed by atoms with van der Waals surface area (Å²) < 4.78 is 5.31. The molecule has 2 amide bonds. The van der Waals surface area contributed by atoms with E-state index in [9.17, 15) is 9.59 Å². The fourth-order valence-electron chi connectivity index (χ4n) is 2.92. The lowest BCUT2D eigenvalue weighted by Gasteiger charge is -2.26. The van der Waals surface area contributed by atoms with Gasteiger partial charge < -0.3 is 20.0 Å². The van der Waals surface area contributed by atoms with Gasteiger partial charge in [0.2, 0.25) is 11.8 Å². The number of nitrogens with zero attached hydrogens (tertiary/aromatic N) is 2. The van der Waals surface area contributed by atoms with E-state index < -0.39 is 6.04 Å². The number of aromatic nitrogens is 1. The second-order valence-corrected chi connectivity index (χ2v) is 6.13. The Balaban J connectivity index is 1.88. The Morgan fingerprint density at radius 2 is 2.24 bits per heavy atom. The summed E-state index contributed by atoms with van der Waals surface area (Å²) in [5, 5.41) is 5.75. The Morgan fingerprint density at radius 3 is 2.96 bits per heavy atom. The smallest absolute Gasteiger partial charge is 0.249 e. The topological polar surface area (TPSA) is 87.5 Å². The highest BCUT2D eigenvalue weighted by Crippen LogP contribution is 2.28. The van der Waals surface area contributed by atoms with Crippen LogP contribution in [0.1, 0.15) is 24.7 Å². The number of anilines is 1. The van der Waals surface area contributed by atoms with E-state index in [4.69, 9.17) is 4.42 Å². The van der Waals surface area contributed by atoms with Crippen molar-refractivity contribution in [1.29, 1.82) is 0 Å². The van der Waals surface area contributed by atoms with E-state index in [2.05, 4.69) is 15.6 Å². The van der Waals surface area contributed by atoms with Crippen LogP contribution in [0.2, 0.25) is 0 Å². The van der Waals surface area contributed by atoms with E-state index in [1.54, 1.807) is 25.1 Å². The number of nitrogens with one attached hydrogen (secondary N) is 2. The first-order chi connectivity index (χ1) is 12.1. The number of likely N-dealkylation sites (N-methyl/N-ethyl adjacent to an activating group) is 1. The SMILES string of the molecule is CN[C@@H](C)C(=O)N[C@H]1CCc2ccccc2N(Cc2cnco2)C1=O. The minimum absolute atomic E-state index is 0.141. The summed E-state index contributed by atoms with van der Waals surface area (Å²) in [6.45, 7) is 2.04.